The number of benzene rings is 3. The highest BCUT2D eigenvalue weighted by molar-refractivity contribution is 7.92. The van der Waals surface area contributed by atoms with Crippen molar-refractivity contribution in [1.29, 1.82) is 0 Å². The van der Waals surface area contributed by atoms with Crippen LogP contribution < -0.4 is 14.4 Å². The average Bonchev–Trinajstić information content (AvgIpc) is 2.72. The molecule has 8 heteroatoms. The molecule has 3 rings (SSSR count). The molecule has 0 aromatic heterocycles. The molecule has 0 radical (unpaired) electrons. The Labute approximate surface area is 175 Å². The molecule has 0 aliphatic rings. The predicted octanol–water partition coefficient (Wildman–Crippen LogP) is 3.98. The molecule has 0 bridgehead atoms. The van der Waals surface area contributed by atoms with Gasteiger partial charge in [-0.3, -0.25) is 9.10 Å². The molecular weight excluding hydrogens is 407 g/mol. The average molecular weight is 428 g/mol. The second-order valence-electron chi connectivity index (χ2n) is 6.56. The van der Waals surface area contributed by atoms with Gasteiger partial charge in [-0.2, -0.15) is 0 Å². The standard InChI is InChI=1S/C22H21FN2O4S/c1-16-10-12-19(13-11-16)30(27,28)25(20-8-3-4-9-21(20)29-2)15-22(26)24-18-7-5-6-17(23)14-18/h3-14H,15H2,1-2H3,(H,24,26). The van der Waals surface area contributed by atoms with E-state index in [0.29, 0.717) is 5.75 Å². The number of aryl methyl sites for hydroxylation is 1. The summed E-state index contributed by atoms with van der Waals surface area (Å²) in [6.45, 7) is 1.33. The summed E-state index contributed by atoms with van der Waals surface area (Å²) in [5.74, 6) is -0.837. The number of nitrogens with zero attached hydrogens (tertiary/aromatic N) is 1. The summed E-state index contributed by atoms with van der Waals surface area (Å²) in [7, 11) is -2.66. The second kappa shape index (κ2) is 8.96. The van der Waals surface area contributed by atoms with Gasteiger partial charge >= 0.3 is 0 Å². The molecule has 3 aromatic rings. The zero-order valence-corrected chi connectivity index (χ0v) is 17.3. The summed E-state index contributed by atoms with van der Waals surface area (Å²) < 4.78 is 46.5. The Hall–Kier alpha value is -3.39. The third kappa shape index (κ3) is 4.77. The van der Waals surface area contributed by atoms with E-state index in [0.717, 1.165) is 15.9 Å². The molecule has 156 valence electrons. The van der Waals surface area contributed by atoms with Crippen LogP contribution in [-0.2, 0) is 14.8 Å². The molecule has 0 unspecified atom stereocenters. The van der Waals surface area contributed by atoms with Crippen LogP contribution in [0, 0.1) is 12.7 Å². The van der Waals surface area contributed by atoms with E-state index >= 15 is 0 Å². The monoisotopic (exact) mass is 428 g/mol. The molecule has 1 N–H and O–H groups in total. The topological polar surface area (TPSA) is 75.7 Å². The van der Waals surface area contributed by atoms with Crippen molar-refractivity contribution in [2.45, 2.75) is 11.8 Å². The van der Waals surface area contributed by atoms with E-state index in [-0.39, 0.29) is 16.3 Å². The van der Waals surface area contributed by atoms with Crippen molar-refractivity contribution >= 4 is 27.3 Å². The molecule has 0 heterocycles. The van der Waals surface area contributed by atoms with Crippen molar-refractivity contribution in [2.75, 3.05) is 23.3 Å². The second-order valence-corrected chi connectivity index (χ2v) is 8.42. The van der Waals surface area contributed by atoms with Crippen molar-refractivity contribution in [2.24, 2.45) is 0 Å². The number of carbonyl (C=O) groups excluding carboxylic acids is 1. The summed E-state index contributed by atoms with van der Waals surface area (Å²) in [4.78, 5) is 12.7. The van der Waals surface area contributed by atoms with E-state index in [9.17, 15) is 17.6 Å². The maximum Gasteiger partial charge on any atom is 0.264 e. The number of halogens is 1. The zero-order chi connectivity index (χ0) is 21.7. The van der Waals surface area contributed by atoms with Crippen LogP contribution in [0.15, 0.2) is 77.7 Å². The maximum absolute atomic E-state index is 13.4. The quantitative estimate of drug-likeness (QED) is 0.618. The van der Waals surface area contributed by atoms with Gasteiger partial charge in [-0.15, -0.1) is 0 Å². The van der Waals surface area contributed by atoms with Gasteiger partial charge in [0.05, 0.1) is 17.7 Å². The van der Waals surface area contributed by atoms with Gasteiger partial charge < -0.3 is 10.1 Å². The fourth-order valence-electron chi connectivity index (χ4n) is 2.87. The molecule has 30 heavy (non-hydrogen) atoms. The number of hydrogen-bond donors (Lipinski definition) is 1. The number of anilines is 2. The van der Waals surface area contributed by atoms with Gasteiger partial charge in [-0.25, -0.2) is 12.8 Å². The number of carbonyl (C=O) groups is 1. The number of rotatable bonds is 7. The van der Waals surface area contributed by atoms with Crippen LogP contribution in [0.3, 0.4) is 0 Å². The highest BCUT2D eigenvalue weighted by Gasteiger charge is 2.29. The predicted molar refractivity (Wildman–Crippen MR) is 114 cm³/mol. The Balaban J connectivity index is 1.99. The van der Waals surface area contributed by atoms with Crippen LogP contribution in [-0.4, -0.2) is 28.0 Å². The van der Waals surface area contributed by atoms with E-state index in [4.69, 9.17) is 4.74 Å². The van der Waals surface area contributed by atoms with Gasteiger partial charge in [0, 0.05) is 5.69 Å². The molecule has 0 fully saturated rings. The summed E-state index contributed by atoms with van der Waals surface area (Å²) in [5.41, 5.74) is 1.35. The number of nitrogens with one attached hydrogen (secondary N) is 1. The van der Waals surface area contributed by atoms with Crippen LogP contribution in [0.5, 0.6) is 5.75 Å². The first-order valence-corrected chi connectivity index (χ1v) is 10.5. The van der Waals surface area contributed by atoms with E-state index in [1.165, 1.54) is 37.4 Å². The van der Waals surface area contributed by atoms with Crippen LogP contribution in [0.25, 0.3) is 0 Å². The molecule has 3 aromatic carbocycles. The molecule has 0 aliphatic carbocycles. The number of sulfonamides is 1. The lowest BCUT2D eigenvalue weighted by Gasteiger charge is -2.25. The lowest BCUT2D eigenvalue weighted by atomic mass is 10.2. The fraction of sp³-hybridized carbons (Fsp3) is 0.136. The minimum atomic E-state index is -4.08. The number of amides is 1. The Kier molecular flexibility index (Phi) is 6.37. The van der Waals surface area contributed by atoms with E-state index in [1.807, 2.05) is 6.92 Å². The van der Waals surface area contributed by atoms with Gasteiger partial charge in [-0.1, -0.05) is 35.9 Å². The van der Waals surface area contributed by atoms with E-state index < -0.39 is 28.3 Å². The molecule has 0 spiro atoms. The third-order valence-corrected chi connectivity index (χ3v) is 6.13. The first-order chi connectivity index (χ1) is 14.3. The van der Waals surface area contributed by atoms with E-state index in [2.05, 4.69) is 5.32 Å². The molecule has 0 atom stereocenters. The highest BCUT2D eigenvalue weighted by atomic mass is 32.2. The van der Waals surface area contributed by atoms with Gasteiger partial charge in [0.25, 0.3) is 10.0 Å². The Morgan fingerprint density at radius 3 is 2.40 bits per heavy atom. The molecular formula is C22H21FN2O4S. The minimum Gasteiger partial charge on any atom is -0.495 e. The van der Waals surface area contributed by atoms with Crippen LogP contribution in [0.1, 0.15) is 5.56 Å². The van der Waals surface area contributed by atoms with E-state index in [1.54, 1.807) is 36.4 Å². The van der Waals surface area contributed by atoms with Crippen LogP contribution in [0.2, 0.25) is 0 Å². The first kappa shape index (κ1) is 21.3. The van der Waals surface area contributed by atoms with Gasteiger partial charge in [-0.05, 0) is 49.4 Å². The number of ether oxygens (including phenoxy) is 1. The maximum atomic E-state index is 13.4. The highest BCUT2D eigenvalue weighted by Crippen LogP contribution is 2.32. The normalized spacial score (nSPS) is 11.0. The lowest BCUT2D eigenvalue weighted by molar-refractivity contribution is -0.114. The number of methoxy groups -OCH3 is 1. The lowest BCUT2D eigenvalue weighted by Crippen LogP contribution is -2.38. The largest absolute Gasteiger partial charge is 0.495 e. The molecule has 0 saturated heterocycles. The smallest absolute Gasteiger partial charge is 0.264 e. The number of hydrogen-bond acceptors (Lipinski definition) is 4. The third-order valence-electron chi connectivity index (χ3n) is 4.36. The van der Waals surface area contributed by atoms with Crippen molar-refractivity contribution in [3.05, 3.63) is 84.2 Å². The molecule has 6 nitrogen and oxygen atoms in total. The summed E-state index contributed by atoms with van der Waals surface area (Å²) >= 11 is 0. The summed E-state index contributed by atoms with van der Waals surface area (Å²) in [6.07, 6.45) is 0. The molecule has 1 amide bonds. The SMILES string of the molecule is COc1ccccc1N(CC(=O)Nc1cccc(F)c1)S(=O)(=O)c1ccc(C)cc1. The van der Waals surface area contributed by atoms with Gasteiger partial charge in [0.15, 0.2) is 0 Å². The van der Waals surface area contributed by atoms with Crippen molar-refractivity contribution < 1.29 is 22.3 Å². The molecule has 0 aliphatic heterocycles. The van der Waals surface area contributed by atoms with Crippen LogP contribution in [0.4, 0.5) is 15.8 Å². The number of para-hydroxylation sites is 2. The summed E-state index contributed by atoms with van der Waals surface area (Å²) in [5, 5.41) is 2.53. The minimum absolute atomic E-state index is 0.0394. The van der Waals surface area contributed by atoms with Gasteiger partial charge in [0.2, 0.25) is 5.91 Å². The Morgan fingerprint density at radius 1 is 1.03 bits per heavy atom. The first-order valence-electron chi connectivity index (χ1n) is 9.09. The van der Waals surface area contributed by atoms with Gasteiger partial charge in [0.1, 0.15) is 18.1 Å². The summed E-state index contributed by atoms with van der Waals surface area (Å²) in [6, 6.07) is 18.2. The Morgan fingerprint density at radius 2 is 1.73 bits per heavy atom. The van der Waals surface area contributed by atoms with Crippen molar-refractivity contribution in [1.82, 2.24) is 0 Å². The van der Waals surface area contributed by atoms with Crippen molar-refractivity contribution in [3.8, 4) is 5.75 Å². The van der Waals surface area contributed by atoms with Crippen molar-refractivity contribution in [3.63, 3.8) is 0 Å². The Bertz CT molecular complexity index is 1150. The zero-order valence-electron chi connectivity index (χ0n) is 16.5. The van der Waals surface area contributed by atoms with Crippen LogP contribution >= 0.6 is 0 Å². The fourth-order valence-corrected chi connectivity index (χ4v) is 4.30. The molecule has 0 saturated carbocycles.